The first-order valence-corrected chi connectivity index (χ1v) is 8.04. The third kappa shape index (κ3) is 3.81. The summed E-state index contributed by atoms with van der Waals surface area (Å²) in [4.78, 5) is 48.7. The Morgan fingerprint density at radius 3 is 2.33 bits per heavy atom. The van der Waals surface area contributed by atoms with Gasteiger partial charge in [-0.1, -0.05) is 28.1 Å². The van der Waals surface area contributed by atoms with E-state index in [4.69, 9.17) is 4.74 Å². The minimum atomic E-state index is -1.06. The van der Waals surface area contributed by atoms with Crippen LogP contribution in [0.2, 0.25) is 0 Å². The lowest BCUT2D eigenvalue weighted by molar-refractivity contribution is -0.149. The van der Waals surface area contributed by atoms with Crippen LogP contribution < -0.4 is 5.32 Å². The quantitative estimate of drug-likeness (QED) is 0.466. The van der Waals surface area contributed by atoms with Crippen LogP contribution in [-0.2, 0) is 14.3 Å². The normalized spacial score (nSPS) is 17.4. The van der Waals surface area contributed by atoms with E-state index in [0.29, 0.717) is 5.56 Å². The van der Waals surface area contributed by atoms with E-state index in [-0.39, 0.29) is 5.78 Å². The predicted molar refractivity (Wildman–Crippen MR) is 88.4 cm³/mol. The summed E-state index contributed by atoms with van der Waals surface area (Å²) in [5.74, 6) is -1.71. The molecule has 7 nitrogen and oxygen atoms in total. The number of halogens is 1. The van der Waals surface area contributed by atoms with Gasteiger partial charge in [0.2, 0.25) is 5.78 Å². The highest BCUT2D eigenvalue weighted by Crippen LogP contribution is 2.17. The number of amides is 3. The molecule has 1 atom stereocenters. The van der Waals surface area contributed by atoms with Crippen molar-refractivity contribution < 1.29 is 23.9 Å². The molecule has 1 saturated heterocycles. The van der Waals surface area contributed by atoms with Gasteiger partial charge in [0.1, 0.15) is 12.1 Å². The summed E-state index contributed by atoms with van der Waals surface area (Å²) in [6.07, 6.45) is -1.02. The molecule has 24 heavy (non-hydrogen) atoms. The number of carbonyl (C=O) groups is 4. The van der Waals surface area contributed by atoms with Crippen LogP contribution in [0.4, 0.5) is 4.79 Å². The van der Waals surface area contributed by atoms with E-state index in [1.807, 2.05) is 0 Å². The second kappa shape index (κ2) is 6.72. The summed E-state index contributed by atoms with van der Waals surface area (Å²) in [7, 11) is 0. The van der Waals surface area contributed by atoms with Crippen LogP contribution in [0.15, 0.2) is 28.7 Å². The molecule has 0 unspecified atom stereocenters. The van der Waals surface area contributed by atoms with Gasteiger partial charge in [0.15, 0.2) is 6.10 Å². The Bertz CT molecular complexity index is 699. The topological polar surface area (TPSA) is 92.8 Å². The second-order valence-corrected chi connectivity index (χ2v) is 6.87. The van der Waals surface area contributed by atoms with Gasteiger partial charge in [-0.3, -0.25) is 19.3 Å². The van der Waals surface area contributed by atoms with Crippen LogP contribution in [0.1, 0.15) is 31.1 Å². The molecule has 1 N–H and O–H groups in total. The molecule has 0 radical (unpaired) electrons. The second-order valence-electron chi connectivity index (χ2n) is 5.95. The number of rotatable bonds is 5. The van der Waals surface area contributed by atoms with Crippen molar-refractivity contribution in [1.29, 1.82) is 0 Å². The summed E-state index contributed by atoms with van der Waals surface area (Å²) in [6.45, 7) is 3.99. The predicted octanol–water partition coefficient (Wildman–Crippen LogP) is 1.89. The molecular weight excluding hydrogens is 380 g/mol. The van der Waals surface area contributed by atoms with Gasteiger partial charge in [-0.05, 0) is 32.9 Å². The molecule has 0 aromatic heterocycles. The number of hydrogen-bond donors (Lipinski definition) is 1. The smallest absolute Gasteiger partial charge is 0.326 e. The monoisotopic (exact) mass is 396 g/mol. The summed E-state index contributed by atoms with van der Waals surface area (Å²) >= 11 is 3.27. The van der Waals surface area contributed by atoms with Gasteiger partial charge < -0.3 is 10.1 Å². The lowest BCUT2D eigenvalue weighted by Gasteiger charge is -2.17. The number of nitrogens with zero attached hydrogens (tertiary/aromatic N) is 1. The number of esters is 1. The SMILES string of the molecule is C[C@@H](OC(=O)CN1C(=O)NC(C)(C)C1=O)C(=O)c1ccc(Br)cc1. The van der Waals surface area contributed by atoms with Gasteiger partial charge in [-0.2, -0.15) is 0 Å². The van der Waals surface area contributed by atoms with E-state index in [1.54, 1.807) is 24.3 Å². The van der Waals surface area contributed by atoms with Crippen LogP contribution in [0.25, 0.3) is 0 Å². The van der Waals surface area contributed by atoms with E-state index < -0.39 is 36.1 Å². The van der Waals surface area contributed by atoms with Crippen molar-refractivity contribution in [1.82, 2.24) is 10.2 Å². The summed E-state index contributed by atoms with van der Waals surface area (Å²) in [6, 6.07) is 5.97. The van der Waals surface area contributed by atoms with Gasteiger partial charge in [0.05, 0.1) is 0 Å². The lowest BCUT2D eigenvalue weighted by atomic mass is 10.1. The average molecular weight is 397 g/mol. The molecule has 1 aromatic carbocycles. The largest absolute Gasteiger partial charge is 0.453 e. The zero-order valence-electron chi connectivity index (χ0n) is 13.5. The Morgan fingerprint density at radius 2 is 1.83 bits per heavy atom. The highest BCUT2D eigenvalue weighted by molar-refractivity contribution is 9.10. The van der Waals surface area contributed by atoms with E-state index in [9.17, 15) is 19.2 Å². The van der Waals surface area contributed by atoms with Crippen LogP contribution >= 0.6 is 15.9 Å². The van der Waals surface area contributed by atoms with Gasteiger partial charge in [-0.25, -0.2) is 4.79 Å². The van der Waals surface area contributed by atoms with Gasteiger partial charge in [-0.15, -0.1) is 0 Å². The maximum absolute atomic E-state index is 12.2. The molecule has 8 heteroatoms. The molecular formula is C16H17BrN2O5. The average Bonchev–Trinajstić information content (AvgIpc) is 2.69. The first-order chi connectivity index (χ1) is 11.1. The molecule has 1 aliphatic rings. The van der Waals surface area contributed by atoms with Crippen molar-refractivity contribution in [3.8, 4) is 0 Å². The van der Waals surface area contributed by atoms with E-state index >= 15 is 0 Å². The van der Waals surface area contributed by atoms with Crippen LogP contribution in [0.5, 0.6) is 0 Å². The molecule has 2 rings (SSSR count). The van der Waals surface area contributed by atoms with Crippen molar-refractivity contribution >= 4 is 39.6 Å². The molecule has 1 aliphatic heterocycles. The fraction of sp³-hybridized carbons (Fsp3) is 0.375. The number of benzene rings is 1. The number of imide groups is 1. The summed E-state index contributed by atoms with van der Waals surface area (Å²) in [5, 5.41) is 2.46. The maximum atomic E-state index is 12.2. The fourth-order valence-electron chi connectivity index (χ4n) is 2.23. The Labute approximate surface area is 147 Å². The van der Waals surface area contributed by atoms with Crippen LogP contribution in [0, 0.1) is 0 Å². The van der Waals surface area contributed by atoms with Crippen LogP contribution in [0.3, 0.4) is 0 Å². The molecule has 0 aliphatic carbocycles. The number of Topliss-reactive ketones (excluding diaryl/α,β-unsaturated/α-hetero) is 1. The number of nitrogens with one attached hydrogen (secondary N) is 1. The Morgan fingerprint density at radius 1 is 1.25 bits per heavy atom. The summed E-state index contributed by atoms with van der Waals surface area (Å²) in [5.41, 5.74) is -0.662. The number of carbonyl (C=O) groups excluding carboxylic acids is 4. The number of urea groups is 1. The highest BCUT2D eigenvalue weighted by Gasteiger charge is 2.45. The van der Waals surface area contributed by atoms with Gasteiger partial charge in [0, 0.05) is 10.0 Å². The zero-order chi connectivity index (χ0) is 18.1. The minimum Gasteiger partial charge on any atom is -0.453 e. The molecule has 3 amide bonds. The minimum absolute atomic E-state index is 0.367. The van der Waals surface area contributed by atoms with Crippen molar-refractivity contribution in [2.45, 2.75) is 32.4 Å². The Kier molecular flexibility index (Phi) is 5.08. The Balaban J connectivity index is 1.97. The Hall–Kier alpha value is -2.22. The molecule has 0 spiro atoms. The molecule has 1 aromatic rings. The molecule has 0 bridgehead atoms. The molecule has 1 fully saturated rings. The zero-order valence-corrected chi connectivity index (χ0v) is 15.0. The van der Waals surface area contributed by atoms with Gasteiger partial charge in [0.25, 0.3) is 5.91 Å². The lowest BCUT2D eigenvalue weighted by Crippen LogP contribution is -2.41. The molecule has 0 saturated carbocycles. The standard InChI is InChI=1S/C16H17BrN2O5/c1-9(13(21)10-4-6-11(17)7-5-10)24-12(20)8-19-14(22)16(2,3)18-15(19)23/h4-7,9H,8H2,1-3H3,(H,18,23)/t9-/m1/s1. The van der Waals surface area contributed by atoms with Gasteiger partial charge >= 0.3 is 12.0 Å². The molecule has 128 valence electrons. The van der Waals surface area contributed by atoms with E-state index in [2.05, 4.69) is 21.2 Å². The van der Waals surface area contributed by atoms with Crippen molar-refractivity contribution in [2.24, 2.45) is 0 Å². The van der Waals surface area contributed by atoms with E-state index in [0.717, 1.165) is 9.37 Å². The maximum Gasteiger partial charge on any atom is 0.326 e. The first-order valence-electron chi connectivity index (χ1n) is 7.25. The fourth-order valence-corrected chi connectivity index (χ4v) is 2.49. The number of hydrogen-bond acceptors (Lipinski definition) is 5. The highest BCUT2D eigenvalue weighted by atomic mass is 79.9. The third-order valence-corrected chi connectivity index (χ3v) is 4.07. The third-order valence-electron chi connectivity index (χ3n) is 3.54. The van der Waals surface area contributed by atoms with Crippen molar-refractivity contribution in [3.05, 3.63) is 34.3 Å². The van der Waals surface area contributed by atoms with Crippen molar-refractivity contribution in [3.63, 3.8) is 0 Å². The number of ketones is 1. The first kappa shape index (κ1) is 18.1. The molecule has 1 heterocycles. The van der Waals surface area contributed by atoms with Crippen molar-refractivity contribution in [2.75, 3.05) is 6.54 Å². The summed E-state index contributed by atoms with van der Waals surface area (Å²) < 4.78 is 5.87. The van der Waals surface area contributed by atoms with E-state index in [1.165, 1.54) is 20.8 Å². The van der Waals surface area contributed by atoms with Crippen LogP contribution in [-0.4, -0.2) is 46.8 Å². The number of ether oxygens (including phenoxy) is 1.